The van der Waals surface area contributed by atoms with Crippen LogP contribution in [-0.2, 0) is 28.3 Å². The highest BCUT2D eigenvalue weighted by Gasteiger charge is 2.26. The maximum absolute atomic E-state index is 13.0. The minimum Gasteiger partial charge on any atom is -0.350 e. The van der Waals surface area contributed by atoms with Crippen molar-refractivity contribution in [2.24, 2.45) is 7.05 Å². The fourth-order valence-corrected chi connectivity index (χ4v) is 5.88. The second-order valence-corrected chi connectivity index (χ2v) is 10.8. The van der Waals surface area contributed by atoms with Crippen LogP contribution in [0.3, 0.4) is 0 Å². The smallest absolute Gasteiger partial charge is 0.243 e. The number of fused-ring (bicyclic) bond motifs is 1. The van der Waals surface area contributed by atoms with Crippen LogP contribution in [0.4, 0.5) is 0 Å². The Balaban J connectivity index is 1.44. The Morgan fingerprint density at radius 2 is 1.79 bits per heavy atom. The highest BCUT2D eigenvalue weighted by atomic mass is 32.2. The molecule has 0 bridgehead atoms. The number of piperidine rings is 1. The topological polar surface area (TPSA) is 84.3 Å². The summed E-state index contributed by atoms with van der Waals surface area (Å²) in [5.74, 6) is 0.721. The average Bonchev–Trinajstić information content (AvgIpc) is 3.13. The Hall–Kier alpha value is -2.71. The van der Waals surface area contributed by atoms with Crippen LogP contribution in [0.25, 0.3) is 11.0 Å². The summed E-state index contributed by atoms with van der Waals surface area (Å²) in [6.07, 6.45) is 3.67. The quantitative estimate of drug-likeness (QED) is 0.571. The molecule has 8 heteroatoms. The molecule has 4 rings (SSSR count). The molecule has 0 saturated carbocycles. The molecule has 2 aromatic carbocycles. The molecule has 0 spiro atoms. The Kier molecular flexibility index (Phi) is 6.86. The standard InChI is InChI=1S/C25H32N4O3S/c1-18-7-9-20(10-8-18)19(2)26-25(30)14-13-24-27-22-17-21(11-12-23(22)28(24)3)33(31,32)29-15-5-4-6-16-29/h7-12,17,19H,4-6,13-16H2,1-3H3,(H,26,30). The van der Waals surface area contributed by atoms with Crippen molar-refractivity contribution in [2.45, 2.75) is 56.9 Å². The maximum atomic E-state index is 13.0. The van der Waals surface area contributed by atoms with E-state index in [1.165, 1.54) is 5.56 Å². The molecule has 1 amide bonds. The van der Waals surface area contributed by atoms with Crippen molar-refractivity contribution >= 4 is 27.0 Å². The van der Waals surface area contributed by atoms with Gasteiger partial charge in [-0.3, -0.25) is 4.79 Å². The van der Waals surface area contributed by atoms with Crippen molar-refractivity contribution in [1.29, 1.82) is 0 Å². The molecule has 1 unspecified atom stereocenters. The van der Waals surface area contributed by atoms with E-state index >= 15 is 0 Å². The summed E-state index contributed by atoms with van der Waals surface area (Å²) in [4.78, 5) is 17.5. The summed E-state index contributed by atoms with van der Waals surface area (Å²) in [5, 5.41) is 3.04. The molecule has 176 valence electrons. The second-order valence-electron chi connectivity index (χ2n) is 8.90. The van der Waals surface area contributed by atoms with Gasteiger partial charge in [0.05, 0.1) is 22.0 Å². The Bertz CT molecular complexity index is 1240. The van der Waals surface area contributed by atoms with E-state index in [2.05, 4.69) is 10.3 Å². The molecule has 0 aliphatic carbocycles. The molecular formula is C25H32N4O3S. The molecule has 2 heterocycles. The predicted octanol–water partition coefficient (Wildman–Crippen LogP) is 3.87. The molecule has 1 saturated heterocycles. The molecule has 1 fully saturated rings. The van der Waals surface area contributed by atoms with E-state index < -0.39 is 10.0 Å². The molecule has 1 atom stereocenters. The van der Waals surface area contributed by atoms with Crippen molar-refractivity contribution in [1.82, 2.24) is 19.2 Å². The lowest BCUT2D eigenvalue weighted by molar-refractivity contribution is -0.121. The zero-order valence-electron chi connectivity index (χ0n) is 19.5. The number of amides is 1. The van der Waals surface area contributed by atoms with Crippen molar-refractivity contribution in [2.75, 3.05) is 13.1 Å². The van der Waals surface area contributed by atoms with Crippen LogP contribution in [0, 0.1) is 6.92 Å². The van der Waals surface area contributed by atoms with Gasteiger partial charge in [-0.2, -0.15) is 4.31 Å². The normalized spacial score (nSPS) is 16.1. The molecule has 33 heavy (non-hydrogen) atoms. The van der Waals surface area contributed by atoms with Gasteiger partial charge in [0.2, 0.25) is 15.9 Å². The Labute approximate surface area is 195 Å². The minimum absolute atomic E-state index is 0.0384. The third-order valence-electron chi connectivity index (χ3n) is 6.43. The number of rotatable bonds is 7. The van der Waals surface area contributed by atoms with E-state index in [-0.39, 0.29) is 16.8 Å². The van der Waals surface area contributed by atoms with Gasteiger partial charge in [0.1, 0.15) is 5.82 Å². The number of hydrogen-bond donors (Lipinski definition) is 1. The van der Waals surface area contributed by atoms with Gasteiger partial charge in [-0.05, 0) is 50.5 Å². The number of nitrogens with zero attached hydrogens (tertiary/aromatic N) is 3. The molecule has 1 N–H and O–H groups in total. The summed E-state index contributed by atoms with van der Waals surface area (Å²) in [6.45, 7) is 5.16. The van der Waals surface area contributed by atoms with Gasteiger partial charge in [0.25, 0.3) is 0 Å². The van der Waals surface area contributed by atoms with Crippen molar-refractivity contribution in [3.63, 3.8) is 0 Å². The average molecular weight is 469 g/mol. The first-order chi connectivity index (χ1) is 15.8. The number of carbonyl (C=O) groups is 1. The number of sulfonamides is 1. The lowest BCUT2D eigenvalue weighted by Crippen LogP contribution is -2.35. The number of imidazole rings is 1. The number of benzene rings is 2. The van der Waals surface area contributed by atoms with Crippen LogP contribution in [0.2, 0.25) is 0 Å². The lowest BCUT2D eigenvalue weighted by atomic mass is 10.1. The van der Waals surface area contributed by atoms with Crippen LogP contribution >= 0.6 is 0 Å². The summed E-state index contributed by atoms with van der Waals surface area (Å²) in [5.41, 5.74) is 3.75. The Morgan fingerprint density at radius 1 is 1.09 bits per heavy atom. The second kappa shape index (κ2) is 9.65. The monoisotopic (exact) mass is 468 g/mol. The van der Waals surface area contributed by atoms with Crippen LogP contribution in [0.15, 0.2) is 47.4 Å². The number of hydrogen-bond acceptors (Lipinski definition) is 4. The van der Waals surface area contributed by atoms with E-state index in [9.17, 15) is 13.2 Å². The number of aromatic nitrogens is 2. The van der Waals surface area contributed by atoms with E-state index in [1.807, 2.05) is 55.8 Å². The maximum Gasteiger partial charge on any atom is 0.243 e. The summed E-state index contributed by atoms with van der Waals surface area (Å²) in [6, 6.07) is 13.2. The van der Waals surface area contributed by atoms with Gasteiger partial charge in [-0.25, -0.2) is 13.4 Å². The van der Waals surface area contributed by atoms with Gasteiger partial charge in [-0.1, -0.05) is 36.2 Å². The van der Waals surface area contributed by atoms with E-state index in [0.29, 0.717) is 31.4 Å². The molecular weight excluding hydrogens is 436 g/mol. The number of aryl methyl sites for hydroxylation is 3. The van der Waals surface area contributed by atoms with Crippen molar-refractivity contribution < 1.29 is 13.2 Å². The molecule has 1 aliphatic rings. The molecule has 1 aliphatic heterocycles. The summed E-state index contributed by atoms with van der Waals surface area (Å²) in [7, 11) is -1.61. The summed E-state index contributed by atoms with van der Waals surface area (Å²) >= 11 is 0. The van der Waals surface area contributed by atoms with E-state index in [1.54, 1.807) is 16.4 Å². The molecule has 1 aromatic heterocycles. The highest BCUT2D eigenvalue weighted by Crippen LogP contribution is 2.25. The zero-order chi connectivity index (χ0) is 23.6. The van der Waals surface area contributed by atoms with Crippen LogP contribution in [-0.4, -0.2) is 41.3 Å². The largest absolute Gasteiger partial charge is 0.350 e. The number of nitrogens with one attached hydrogen (secondary N) is 1. The predicted molar refractivity (Wildman–Crippen MR) is 129 cm³/mol. The number of carbonyl (C=O) groups excluding carboxylic acids is 1. The minimum atomic E-state index is -3.51. The first kappa shape index (κ1) is 23.4. The van der Waals surface area contributed by atoms with Gasteiger partial charge >= 0.3 is 0 Å². The first-order valence-corrected chi connectivity index (χ1v) is 13.0. The van der Waals surface area contributed by atoms with Gasteiger partial charge < -0.3 is 9.88 Å². The first-order valence-electron chi connectivity index (χ1n) is 11.6. The SMILES string of the molecule is Cc1ccc(C(C)NC(=O)CCc2nc3cc(S(=O)(=O)N4CCCCC4)ccc3n2C)cc1. The fourth-order valence-electron chi connectivity index (χ4n) is 4.35. The molecule has 3 aromatic rings. The van der Waals surface area contributed by atoms with Crippen LogP contribution in [0.5, 0.6) is 0 Å². The third-order valence-corrected chi connectivity index (χ3v) is 8.32. The molecule has 7 nitrogen and oxygen atoms in total. The van der Waals surface area contributed by atoms with Crippen LogP contribution in [0.1, 0.15) is 55.6 Å². The van der Waals surface area contributed by atoms with Crippen molar-refractivity contribution in [3.05, 3.63) is 59.4 Å². The zero-order valence-corrected chi connectivity index (χ0v) is 20.4. The van der Waals surface area contributed by atoms with Gasteiger partial charge in [-0.15, -0.1) is 0 Å². The fraction of sp³-hybridized carbons (Fsp3) is 0.440. The van der Waals surface area contributed by atoms with E-state index in [4.69, 9.17) is 0 Å². The lowest BCUT2D eigenvalue weighted by Gasteiger charge is -2.25. The Morgan fingerprint density at radius 3 is 2.48 bits per heavy atom. The van der Waals surface area contributed by atoms with Crippen molar-refractivity contribution in [3.8, 4) is 0 Å². The summed E-state index contributed by atoms with van der Waals surface area (Å²) < 4.78 is 29.5. The third kappa shape index (κ3) is 5.12. The van der Waals surface area contributed by atoms with Crippen LogP contribution < -0.4 is 5.32 Å². The van der Waals surface area contributed by atoms with Gasteiger partial charge in [0.15, 0.2) is 0 Å². The highest BCUT2D eigenvalue weighted by molar-refractivity contribution is 7.89. The van der Waals surface area contributed by atoms with Gasteiger partial charge in [0, 0.05) is 33.0 Å². The molecule has 0 radical (unpaired) electrons. The van der Waals surface area contributed by atoms with E-state index in [0.717, 1.165) is 36.2 Å².